The fourth-order valence-corrected chi connectivity index (χ4v) is 5.32. The van der Waals surface area contributed by atoms with E-state index in [4.69, 9.17) is 9.47 Å². The van der Waals surface area contributed by atoms with Crippen molar-refractivity contribution in [1.29, 1.82) is 0 Å². The molecule has 1 N–H and O–H groups in total. The van der Waals surface area contributed by atoms with Crippen LogP contribution in [0.15, 0.2) is 60.9 Å². The Morgan fingerprint density at radius 3 is 2.64 bits per heavy atom. The van der Waals surface area contributed by atoms with Gasteiger partial charge >= 0.3 is 5.97 Å². The Morgan fingerprint density at radius 2 is 1.92 bits per heavy atom. The number of aromatic carboxylic acids is 1. The van der Waals surface area contributed by atoms with Gasteiger partial charge in [0.25, 0.3) is 0 Å². The van der Waals surface area contributed by atoms with Crippen LogP contribution in [0.3, 0.4) is 0 Å². The minimum atomic E-state index is -1.03. The number of nitrogens with zero attached hydrogens (tertiary/aromatic N) is 2. The number of benzene rings is 2. The zero-order chi connectivity index (χ0) is 25.5. The van der Waals surface area contributed by atoms with Crippen molar-refractivity contribution in [2.24, 2.45) is 0 Å². The molecule has 2 aromatic carbocycles. The first-order valence-electron chi connectivity index (χ1n) is 11.5. The maximum absolute atomic E-state index is 13.4. The summed E-state index contributed by atoms with van der Waals surface area (Å²) in [5.41, 5.74) is 3.97. The van der Waals surface area contributed by atoms with E-state index in [0.29, 0.717) is 55.4 Å². The largest absolute Gasteiger partial charge is 0.478 e. The van der Waals surface area contributed by atoms with Gasteiger partial charge in [-0.05, 0) is 65.9 Å². The van der Waals surface area contributed by atoms with E-state index in [0.717, 1.165) is 11.1 Å². The van der Waals surface area contributed by atoms with Crippen molar-refractivity contribution in [3.8, 4) is 0 Å². The Bertz CT molecular complexity index is 1210. The molecular weight excluding hydrogens is 483 g/mol. The molecule has 4 rings (SSSR count). The number of rotatable bonds is 11. The number of carbonyl (C=O) groups is 2. The Kier molecular flexibility index (Phi) is 8.69. The van der Waals surface area contributed by atoms with E-state index in [1.165, 1.54) is 30.0 Å². The van der Waals surface area contributed by atoms with Crippen LogP contribution in [0.1, 0.15) is 38.0 Å². The van der Waals surface area contributed by atoms with Crippen molar-refractivity contribution >= 4 is 29.3 Å². The Hall–Kier alpha value is -3.27. The number of hydrogen-bond donors (Lipinski definition) is 1. The molecule has 1 aromatic heterocycles. The summed E-state index contributed by atoms with van der Waals surface area (Å²) in [6.45, 7) is 3.35. The molecule has 0 aliphatic carbocycles. The molecule has 188 valence electrons. The van der Waals surface area contributed by atoms with Gasteiger partial charge in [-0.3, -0.25) is 14.7 Å². The molecule has 36 heavy (non-hydrogen) atoms. The highest BCUT2D eigenvalue weighted by Gasteiger charge is 2.35. The molecule has 0 radical (unpaired) electrons. The standard InChI is InChI=1S/C27H27FN2O5S/c1-18-22(10-12-34-13-14-35-16-19-3-2-11-29-15-19)23(27(32)33)8-9-24(18)30-25(31)17-36-26(30)20-4-6-21(28)7-5-20/h2-9,11,15,26H,10,12-14,16-17H2,1H3,(H,32,33). The number of thioether (sulfide) groups is 1. The predicted molar refractivity (Wildman–Crippen MR) is 136 cm³/mol. The van der Waals surface area contributed by atoms with Crippen LogP contribution >= 0.6 is 11.8 Å². The maximum Gasteiger partial charge on any atom is 0.335 e. The first-order valence-corrected chi connectivity index (χ1v) is 12.6. The lowest BCUT2D eigenvalue weighted by Crippen LogP contribution is -2.29. The molecule has 1 saturated heterocycles. The monoisotopic (exact) mass is 510 g/mol. The number of hydrogen-bond acceptors (Lipinski definition) is 6. The molecule has 1 aliphatic heterocycles. The summed E-state index contributed by atoms with van der Waals surface area (Å²) in [5.74, 6) is -1.16. The van der Waals surface area contributed by atoms with Crippen molar-refractivity contribution < 1.29 is 28.6 Å². The number of halogens is 1. The van der Waals surface area contributed by atoms with Gasteiger partial charge in [-0.15, -0.1) is 11.8 Å². The van der Waals surface area contributed by atoms with Gasteiger partial charge in [-0.2, -0.15) is 0 Å². The number of ether oxygens (including phenoxy) is 2. The van der Waals surface area contributed by atoms with Crippen LogP contribution in [-0.4, -0.2) is 47.5 Å². The number of carboxylic acid groups (broad SMARTS) is 1. The fourth-order valence-electron chi connectivity index (χ4n) is 4.15. The van der Waals surface area contributed by atoms with E-state index in [1.54, 1.807) is 35.5 Å². The lowest BCUT2D eigenvalue weighted by molar-refractivity contribution is -0.115. The van der Waals surface area contributed by atoms with E-state index in [2.05, 4.69) is 4.98 Å². The highest BCUT2D eigenvalue weighted by molar-refractivity contribution is 8.00. The molecule has 0 saturated carbocycles. The van der Waals surface area contributed by atoms with E-state index < -0.39 is 5.97 Å². The SMILES string of the molecule is Cc1c(N2C(=O)CSC2c2ccc(F)cc2)ccc(C(=O)O)c1CCOCCOCc1cccnc1. The van der Waals surface area contributed by atoms with Gasteiger partial charge in [0.05, 0.1) is 37.7 Å². The lowest BCUT2D eigenvalue weighted by Gasteiger charge is -2.27. The molecule has 1 unspecified atom stereocenters. The number of pyridine rings is 1. The number of carboxylic acids is 1. The van der Waals surface area contributed by atoms with Gasteiger partial charge in [0.1, 0.15) is 11.2 Å². The molecule has 2 heterocycles. The van der Waals surface area contributed by atoms with Gasteiger partial charge in [0, 0.05) is 18.1 Å². The summed E-state index contributed by atoms with van der Waals surface area (Å²) in [7, 11) is 0. The molecule has 0 spiro atoms. The van der Waals surface area contributed by atoms with Crippen molar-refractivity contribution in [2.45, 2.75) is 25.3 Å². The van der Waals surface area contributed by atoms with Crippen LogP contribution in [-0.2, 0) is 27.3 Å². The third-order valence-corrected chi connectivity index (χ3v) is 7.16. The maximum atomic E-state index is 13.4. The van der Waals surface area contributed by atoms with Crippen molar-refractivity contribution in [3.63, 3.8) is 0 Å². The van der Waals surface area contributed by atoms with Gasteiger partial charge < -0.3 is 14.6 Å². The third-order valence-electron chi connectivity index (χ3n) is 5.94. The van der Waals surface area contributed by atoms with Gasteiger partial charge in [-0.1, -0.05) is 18.2 Å². The molecule has 1 fully saturated rings. The molecule has 1 amide bonds. The van der Waals surface area contributed by atoms with Gasteiger partial charge in [0.15, 0.2) is 0 Å². The van der Waals surface area contributed by atoms with Crippen LogP contribution in [0.2, 0.25) is 0 Å². The summed E-state index contributed by atoms with van der Waals surface area (Å²) in [5, 5.41) is 9.44. The summed E-state index contributed by atoms with van der Waals surface area (Å²) in [4.78, 5) is 30.5. The first-order chi connectivity index (χ1) is 17.5. The number of amides is 1. The quantitative estimate of drug-likeness (QED) is 0.371. The summed E-state index contributed by atoms with van der Waals surface area (Å²) < 4.78 is 24.7. The second kappa shape index (κ2) is 12.1. The average molecular weight is 511 g/mol. The summed E-state index contributed by atoms with van der Waals surface area (Å²) in [6.07, 6.45) is 3.82. The number of carbonyl (C=O) groups excluding carboxylic acids is 1. The minimum absolute atomic E-state index is 0.0755. The van der Waals surface area contributed by atoms with E-state index in [1.807, 2.05) is 19.1 Å². The minimum Gasteiger partial charge on any atom is -0.478 e. The van der Waals surface area contributed by atoms with Crippen LogP contribution in [0.5, 0.6) is 0 Å². The highest BCUT2D eigenvalue weighted by atomic mass is 32.2. The molecule has 1 atom stereocenters. The van der Waals surface area contributed by atoms with E-state index >= 15 is 0 Å². The molecule has 0 bridgehead atoms. The molecular formula is C27H27FN2O5S. The van der Waals surface area contributed by atoms with E-state index in [9.17, 15) is 19.1 Å². The average Bonchev–Trinajstić information content (AvgIpc) is 3.26. The van der Waals surface area contributed by atoms with Crippen molar-refractivity contribution in [1.82, 2.24) is 4.98 Å². The number of anilines is 1. The predicted octanol–water partition coefficient (Wildman–Crippen LogP) is 4.78. The van der Waals surface area contributed by atoms with Gasteiger partial charge in [-0.25, -0.2) is 9.18 Å². The number of aromatic nitrogens is 1. The fraction of sp³-hybridized carbons (Fsp3) is 0.296. The van der Waals surface area contributed by atoms with Crippen LogP contribution in [0, 0.1) is 12.7 Å². The van der Waals surface area contributed by atoms with Crippen LogP contribution in [0.4, 0.5) is 10.1 Å². The summed E-state index contributed by atoms with van der Waals surface area (Å²) in [6, 6.07) is 13.1. The third kappa shape index (κ3) is 6.10. The Balaban J connectivity index is 1.43. The zero-order valence-electron chi connectivity index (χ0n) is 19.9. The van der Waals surface area contributed by atoms with Crippen molar-refractivity contribution in [2.75, 3.05) is 30.5 Å². The second-order valence-corrected chi connectivity index (χ2v) is 9.36. The molecule has 9 heteroatoms. The Morgan fingerprint density at radius 1 is 1.14 bits per heavy atom. The second-order valence-electron chi connectivity index (χ2n) is 8.30. The summed E-state index contributed by atoms with van der Waals surface area (Å²) >= 11 is 1.46. The molecule has 3 aromatic rings. The first kappa shape index (κ1) is 25.8. The van der Waals surface area contributed by atoms with Crippen LogP contribution in [0.25, 0.3) is 0 Å². The molecule has 7 nitrogen and oxygen atoms in total. The van der Waals surface area contributed by atoms with Gasteiger partial charge in [0.2, 0.25) is 5.91 Å². The lowest BCUT2D eigenvalue weighted by atomic mass is 9.96. The zero-order valence-corrected chi connectivity index (χ0v) is 20.7. The smallest absolute Gasteiger partial charge is 0.335 e. The van der Waals surface area contributed by atoms with Crippen molar-refractivity contribution in [3.05, 3.63) is 94.6 Å². The highest BCUT2D eigenvalue weighted by Crippen LogP contribution is 2.43. The normalized spacial score (nSPS) is 15.4. The topological polar surface area (TPSA) is 89.0 Å². The van der Waals surface area contributed by atoms with Crippen LogP contribution < -0.4 is 4.90 Å². The van der Waals surface area contributed by atoms with E-state index in [-0.39, 0.29) is 22.7 Å². The Labute approximate surface area is 213 Å². The molecule has 1 aliphatic rings.